The molecule has 2 rings (SSSR count). The molecular weight excluding hydrogens is 276 g/mol. The lowest BCUT2D eigenvalue weighted by Gasteiger charge is -2.17. The molecule has 0 amide bonds. The Kier molecular flexibility index (Phi) is 5.38. The van der Waals surface area contributed by atoms with E-state index in [0.717, 1.165) is 37.3 Å². The van der Waals surface area contributed by atoms with Crippen LogP contribution in [0, 0.1) is 16.0 Å². The minimum Gasteiger partial charge on any atom is -0.314 e. The van der Waals surface area contributed by atoms with Crippen molar-refractivity contribution in [2.24, 2.45) is 5.92 Å². The van der Waals surface area contributed by atoms with E-state index in [0.29, 0.717) is 11.1 Å². The highest BCUT2D eigenvalue weighted by Crippen LogP contribution is 2.35. The number of rotatable bonds is 8. The molecule has 20 heavy (non-hydrogen) atoms. The van der Waals surface area contributed by atoms with Crippen molar-refractivity contribution < 1.29 is 4.92 Å². The van der Waals surface area contributed by atoms with E-state index in [-0.39, 0.29) is 10.6 Å². The third-order valence-electron chi connectivity index (χ3n) is 3.82. The normalized spacial score (nSPS) is 16.1. The van der Waals surface area contributed by atoms with Gasteiger partial charge in [0.2, 0.25) is 0 Å². The summed E-state index contributed by atoms with van der Waals surface area (Å²) in [5, 5.41) is 15.1. The van der Waals surface area contributed by atoms with Crippen molar-refractivity contribution in [1.82, 2.24) is 5.32 Å². The second kappa shape index (κ2) is 7.04. The molecule has 5 heteroatoms. The van der Waals surface area contributed by atoms with Crippen LogP contribution in [0.5, 0.6) is 0 Å². The first-order valence-corrected chi connectivity index (χ1v) is 7.65. The molecule has 1 unspecified atom stereocenters. The zero-order valence-corrected chi connectivity index (χ0v) is 12.5. The predicted octanol–water partition coefficient (Wildman–Crippen LogP) is 3.96. The Bertz CT molecular complexity index is 475. The van der Waals surface area contributed by atoms with Crippen LogP contribution in [0.3, 0.4) is 0 Å². The van der Waals surface area contributed by atoms with Crippen LogP contribution in [-0.2, 0) is 6.42 Å². The van der Waals surface area contributed by atoms with E-state index in [1.807, 2.05) is 0 Å². The van der Waals surface area contributed by atoms with E-state index in [2.05, 4.69) is 12.2 Å². The van der Waals surface area contributed by atoms with Gasteiger partial charge in [0, 0.05) is 22.7 Å². The summed E-state index contributed by atoms with van der Waals surface area (Å²) in [4.78, 5) is 10.7. The highest BCUT2D eigenvalue weighted by Gasteiger charge is 2.30. The maximum atomic E-state index is 11.1. The van der Waals surface area contributed by atoms with Crippen molar-refractivity contribution in [2.75, 3.05) is 6.54 Å². The summed E-state index contributed by atoms with van der Waals surface area (Å²) in [5.74, 6) is 0.757. The van der Waals surface area contributed by atoms with Gasteiger partial charge < -0.3 is 5.32 Å². The van der Waals surface area contributed by atoms with Gasteiger partial charge in [-0.3, -0.25) is 10.1 Å². The fraction of sp³-hybridized carbons (Fsp3) is 0.600. The maximum Gasteiger partial charge on any atom is 0.274 e. The van der Waals surface area contributed by atoms with Crippen LogP contribution < -0.4 is 5.32 Å². The largest absolute Gasteiger partial charge is 0.314 e. The van der Waals surface area contributed by atoms with E-state index < -0.39 is 0 Å². The van der Waals surface area contributed by atoms with Crippen molar-refractivity contribution >= 4 is 17.3 Å². The molecule has 4 nitrogen and oxygen atoms in total. The molecule has 0 saturated heterocycles. The smallest absolute Gasteiger partial charge is 0.274 e. The zero-order valence-electron chi connectivity index (χ0n) is 11.8. The molecule has 1 atom stereocenters. The maximum absolute atomic E-state index is 11.1. The van der Waals surface area contributed by atoms with Gasteiger partial charge >= 0.3 is 0 Å². The molecule has 1 aromatic rings. The summed E-state index contributed by atoms with van der Waals surface area (Å²) in [7, 11) is 0. The van der Waals surface area contributed by atoms with Gasteiger partial charge in [-0.15, -0.1) is 0 Å². The molecule has 1 saturated carbocycles. The Morgan fingerprint density at radius 3 is 2.85 bits per heavy atom. The van der Waals surface area contributed by atoms with E-state index >= 15 is 0 Å². The molecule has 1 aromatic carbocycles. The van der Waals surface area contributed by atoms with Gasteiger partial charge in [0.25, 0.3) is 5.69 Å². The zero-order chi connectivity index (χ0) is 14.5. The van der Waals surface area contributed by atoms with Crippen molar-refractivity contribution in [3.8, 4) is 0 Å². The lowest BCUT2D eigenvalue weighted by molar-refractivity contribution is -0.385. The second-order valence-corrected chi connectivity index (χ2v) is 5.90. The Balaban J connectivity index is 2.00. The molecular formula is C15H21ClN2O2. The molecule has 1 fully saturated rings. The van der Waals surface area contributed by atoms with Crippen LogP contribution in [0.25, 0.3) is 0 Å². The first-order valence-electron chi connectivity index (χ1n) is 7.28. The number of hydrogen-bond acceptors (Lipinski definition) is 3. The standard InChI is InChI=1S/C15H21ClN2O2/c1-2-9-17-14(11-3-4-11)8-6-12-5-7-13(16)10-15(12)18(19)20/h5,7,10-11,14,17H,2-4,6,8-9H2,1H3. The average molecular weight is 297 g/mol. The third kappa shape index (κ3) is 4.18. The number of benzene rings is 1. The highest BCUT2D eigenvalue weighted by atomic mass is 35.5. The Labute approximate surface area is 124 Å². The van der Waals surface area contributed by atoms with Gasteiger partial charge in [0.05, 0.1) is 4.92 Å². The number of nitrogens with one attached hydrogen (secondary N) is 1. The Morgan fingerprint density at radius 2 is 2.25 bits per heavy atom. The molecule has 1 aliphatic rings. The summed E-state index contributed by atoms with van der Waals surface area (Å²) >= 11 is 5.84. The molecule has 0 aromatic heterocycles. The molecule has 110 valence electrons. The molecule has 0 bridgehead atoms. The van der Waals surface area contributed by atoms with Crippen molar-refractivity contribution in [3.05, 3.63) is 38.9 Å². The molecule has 0 aliphatic heterocycles. The second-order valence-electron chi connectivity index (χ2n) is 5.47. The van der Waals surface area contributed by atoms with Crippen LogP contribution in [-0.4, -0.2) is 17.5 Å². The number of aryl methyl sites for hydroxylation is 1. The number of nitro groups is 1. The predicted molar refractivity (Wildman–Crippen MR) is 81.2 cm³/mol. The van der Waals surface area contributed by atoms with E-state index in [9.17, 15) is 10.1 Å². The van der Waals surface area contributed by atoms with Crippen molar-refractivity contribution in [3.63, 3.8) is 0 Å². The molecule has 1 N–H and O–H groups in total. The Hall–Kier alpha value is -1.13. The number of nitrogens with zero attached hydrogens (tertiary/aromatic N) is 1. The summed E-state index contributed by atoms with van der Waals surface area (Å²) in [6, 6.07) is 5.45. The van der Waals surface area contributed by atoms with Crippen LogP contribution >= 0.6 is 11.6 Å². The molecule has 0 heterocycles. The molecule has 0 spiro atoms. The first kappa shape index (κ1) is 15.3. The van der Waals surface area contributed by atoms with Crippen LogP contribution in [0.1, 0.15) is 38.2 Å². The summed E-state index contributed by atoms with van der Waals surface area (Å²) in [5.41, 5.74) is 0.922. The highest BCUT2D eigenvalue weighted by molar-refractivity contribution is 6.30. The third-order valence-corrected chi connectivity index (χ3v) is 4.05. The average Bonchev–Trinajstić information content (AvgIpc) is 3.24. The summed E-state index contributed by atoms with van der Waals surface area (Å²) in [6.07, 6.45) is 5.36. The van der Waals surface area contributed by atoms with Gasteiger partial charge in [-0.1, -0.05) is 24.6 Å². The minimum absolute atomic E-state index is 0.141. The topological polar surface area (TPSA) is 55.2 Å². The van der Waals surface area contributed by atoms with Gasteiger partial charge in [-0.05, 0) is 50.6 Å². The van der Waals surface area contributed by atoms with Gasteiger partial charge in [-0.25, -0.2) is 0 Å². The van der Waals surface area contributed by atoms with Crippen LogP contribution in [0.2, 0.25) is 5.02 Å². The Morgan fingerprint density at radius 1 is 1.50 bits per heavy atom. The SMILES string of the molecule is CCCNC(CCc1ccc(Cl)cc1[N+](=O)[O-])C1CC1. The quantitative estimate of drug-likeness (QED) is 0.583. The molecule has 1 aliphatic carbocycles. The fourth-order valence-corrected chi connectivity index (χ4v) is 2.73. The van der Waals surface area contributed by atoms with Gasteiger partial charge in [0.1, 0.15) is 0 Å². The summed E-state index contributed by atoms with van der Waals surface area (Å²) in [6.45, 7) is 3.17. The van der Waals surface area contributed by atoms with E-state index in [1.165, 1.54) is 18.9 Å². The van der Waals surface area contributed by atoms with Crippen LogP contribution in [0.15, 0.2) is 18.2 Å². The van der Waals surface area contributed by atoms with Gasteiger partial charge in [-0.2, -0.15) is 0 Å². The summed E-state index contributed by atoms with van der Waals surface area (Å²) < 4.78 is 0. The fourth-order valence-electron chi connectivity index (χ4n) is 2.56. The minimum atomic E-state index is -0.340. The number of hydrogen-bond donors (Lipinski definition) is 1. The van der Waals surface area contributed by atoms with E-state index in [1.54, 1.807) is 12.1 Å². The monoisotopic (exact) mass is 296 g/mol. The van der Waals surface area contributed by atoms with Crippen molar-refractivity contribution in [2.45, 2.75) is 45.1 Å². The molecule has 0 radical (unpaired) electrons. The number of halogens is 1. The van der Waals surface area contributed by atoms with Crippen molar-refractivity contribution in [1.29, 1.82) is 0 Å². The van der Waals surface area contributed by atoms with E-state index in [4.69, 9.17) is 11.6 Å². The van der Waals surface area contributed by atoms with Crippen LogP contribution in [0.4, 0.5) is 5.69 Å². The number of nitro benzene ring substituents is 1. The van der Waals surface area contributed by atoms with Gasteiger partial charge in [0.15, 0.2) is 0 Å². The first-order chi connectivity index (χ1) is 9.61. The lowest BCUT2D eigenvalue weighted by Crippen LogP contribution is -2.32. The lowest BCUT2D eigenvalue weighted by atomic mass is 10.0.